The summed E-state index contributed by atoms with van der Waals surface area (Å²) in [6.45, 7) is 2.21. The minimum atomic E-state index is 0. The summed E-state index contributed by atoms with van der Waals surface area (Å²) < 4.78 is 0. The molecule has 0 nitrogen and oxygen atoms in total. The van der Waals surface area contributed by atoms with Gasteiger partial charge in [0.2, 0.25) is 0 Å². The molecule has 0 spiro atoms. The van der Waals surface area contributed by atoms with Gasteiger partial charge in [0, 0.05) is 0 Å². The van der Waals surface area contributed by atoms with Crippen molar-refractivity contribution in [1.29, 1.82) is 0 Å². The average Bonchev–Trinajstić information content (AvgIpc) is 1.65. The van der Waals surface area contributed by atoms with Gasteiger partial charge in [0.25, 0.3) is 0 Å². The molecule has 0 amide bonds. The molecule has 0 saturated carbocycles. The molecule has 1 atom stereocenters. The van der Waals surface area contributed by atoms with Crippen LogP contribution in [-0.2, 0) is 10.9 Å². The third kappa shape index (κ3) is 9.31. The monoisotopic (exact) mass is 276 g/mol. The van der Waals surface area contributed by atoms with E-state index in [2.05, 4.69) is 35.4 Å². The Bertz CT molecular complexity index is 57.0. The van der Waals surface area contributed by atoms with Crippen LogP contribution < -0.4 is 17.0 Å². The second-order valence-electron chi connectivity index (χ2n) is 2.16. The fourth-order valence-electron chi connectivity index (χ4n) is 0.480. The summed E-state index contributed by atoms with van der Waals surface area (Å²) in [6.07, 6.45) is 5.82. The molecule has 0 bridgehead atoms. The van der Waals surface area contributed by atoms with Crippen molar-refractivity contribution in [2.24, 2.45) is 0 Å². The molecule has 3 heteroatoms. The largest absolute Gasteiger partial charge is 1.00 e. The van der Waals surface area contributed by atoms with Gasteiger partial charge in [-0.2, -0.15) is 0 Å². The van der Waals surface area contributed by atoms with Crippen LogP contribution >= 0.6 is 15.9 Å². The molecule has 0 aromatic carbocycles. The topological polar surface area (TPSA) is 0 Å². The van der Waals surface area contributed by atoms with Crippen LogP contribution in [0.15, 0.2) is 0 Å². The lowest BCUT2D eigenvalue weighted by Gasteiger charge is -2.01. The van der Waals surface area contributed by atoms with Crippen molar-refractivity contribution < 1.29 is 17.0 Å². The molecule has 9 heavy (non-hydrogen) atoms. The van der Waals surface area contributed by atoms with E-state index in [1.807, 2.05) is 0 Å². The van der Waals surface area contributed by atoms with Crippen molar-refractivity contribution in [3.05, 3.63) is 0 Å². The van der Waals surface area contributed by atoms with Crippen molar-refractivity contribution in [2.45, 2.75) is 18.2 Å². The summed E-state index contributed by atoms with van der Waals surface area (Å²) in [5.41, 5.74) is 0. The predicted molar refractivity (Wildman–Crippen MR) is 47.1 cm³/mol. The van der Waals surface area contributed by atoms with Gasteiger partial charge in [-0.3, -0.25) is 0 Å². The van der Waals surface area contributed by atoms with Crippen LogP contribution in [0.25, 0.3) is 0 Å². The third-order valence-electron chi connectivity index (χ3n) is 0.957. The van der Waals surface area contributed by atoms with Crippen LogP contribution in [0.1, 0.15) is 13.3 Å². The van der Waals surface area contributed by atoms with E-state index in [0.29, 0.717) is 10.9 Å². The first-order chi connectivity index (χ1) is 3.66. The van der Waals surface area contributed by atoms with E-state index in [9.17, 15) is 0 Å². The molecule has 0 radical (unpaired) electrons. The van der Waals surface area contributed by atoms with Gasteiger partial charge in [-0.05, 0) is 17.3 Å². The molecule has 0 aliphatic carbocycles. The minimum absolute atomic E-state index is 0. The van der Waals surface area contributed by atoms with Crippen LogP contribution in [0.4, 0.5) is 0 Å². The first-order valence-electron chi connectivity index (χ1n) is 2.85. The smallest absolute Gasteiger partial charge is 0.120 e. The van der Waals surface area contributed by atoms with Gasteiger partial charge in [-0.25, -0.2) is 0 Å². The molecule has 1 unspecified atom stereocenters. The van der Waals surface area contributed by atoms with Crippen LogP contribution in [0.5, 0.6) is 0 Å². The lowest BCUT2D eigenvalue weighted by Crippen LogP contribution is -3.00. The lowest BCUT2D eigenvalue weighted by atomic mass is 10.4. The fourth-order valence-corrected chi connectivity index (χ4v) is 3.02. The highest BCUT2D eigenvalue weighted by atomic mass is 79.9. The molecule has 0 fully saturated rings. The van der Waals surface area contributed by atoms with Crippen molar-refractivity contribution in [2.75, 3.05) is 18.3 Å². The first kappa shape index (κ1) is 12.9. The van der Waals surface area contributed by atoms with E-state index in [4.69, 9.17) is 0 Å². The maximum Gasteiger partial charge on any atom is 0.120 e. The van der Waals surface area contributed by atoms with Gasteiger partial charge >= 0.3 is 0 Å². The zero-order chi connectivity index (χ0) is 6.57. The fraction of sp³-hybridized carbons (Fsp3) is 1.00. The second kappa shape index (κ2) is 7.42. The van der Waals surface area contributed by atoms with E-state index in [0.717, 1.165) is 4.83 Å². The molecule has 0 aliphatic heterocycles. The van der Waals surface area contributed by atoms with E-state index < -0.39 is 0 Å². The summed E-state index contributed by atoms with van der Waals surface area (Å²) in [7, 11) is 0.608. The van der Waals surface area contributed by atoms with Gasteiger partial charge in [0.1, 0.15) is 5.75 Å². The maximum atomic E-state index is 3.58. The van der Waals surface area contributed by atoms with Crippen LogP contribution in [-0.4, -0.2) is 23.1 Å². The van der Waals surface area contributed by atoms with E-state index >= 15 is 0 Å². The summed E-state index contributed by atoms with van der Waals surface area (Å²) in [5, 5.41) is 0. The van der Waals surface area contributed by atoms with E-state index in [-0.39, 0.29) is 17.0 Å². The zero-order valence-corrected chi connectivity index (χ0v) is 10.1. The molecule has 0 N–H and O–H groups in total. The number of hydrogen-bond donors (Lipinski definition) is 0. The van der Waals surface area contributed by atoms with Crippen LogP contribution in [0.3, 0.4) is 0 Å². The maximum absolute atomic E-state index is 3.58. The SMILES string of the molecule is CCC(Br)C[S+](C)C.[Br-]. The van der Waals surface area contributed by atoms with Crippen LogP contribution in [0.2, 0.25) is 0 Å². The van der Waals surface area contributed by atoms with Crippen molar-refractivity contribution in [3.8, 4) is 0 Å². The normalized spacial score (nSPS) is 13.0. The second-order valence-corrected chi connectivity index (χ2v) is 5.76. The Hall–Kier alpha value is 1.31. The van der Waals surface area contributed by atoms with Gasteiger partial charge in [0.15, 0.2) is 0 Å². The number of alkyl halides is 1. The molecule has 0 saturated heterocycles. The van der Waals surface area contributed by atoms with Crippen molar-refractivity contribution in [1.82, 2.24) is 0 Å². The Morgan fingerprint density at radius 3 is 2.00 bits per heavy atom. The highest BCUT2D eigenvalue weighted by molar-refractivity contribution is 9.09. The molecule has 0 rings (SSSR count). The van der Waals surface area contributed by atoms with Gasteiger partial charge in [0.05, 0.1) is 17.3 Å². The number of rotatable bonds is 3. The molecule has 0 heterocycles. The number of halogens is 2. The highest BCUT2D eigenvalue weighted by Crippen LogP contribution is 2.06. The Morgan fingerprint density at radius 1 is 1.44 bits per heavy atom. The van der Waals surface area contributed by atoms with Gasteiger partial charge in [-0.15, -0.1) is 0 Å². The van der Waals surface area contributed by atoms with E-state index in [1.165, 1.54) is 12.2 Å². The molecule has 0 aromatic rings. The summed E-state index contributed by atoms with van der Waals surface area (Å²) in [5.74, 6) is 1.33. The highest BCUT2D eigenvalue weighted by Gasteiger charge is 2.09. The lowest BCUT2D eigenvalue weighted by molar-refractivity contribution is -0.00000180. The average molecular weight is 278 g/mol. The Balaban J connectivity index is 0. The zero-order valence-electron chi connectivity index (χ0n) is 6.16. The van der Waals surface area contributed by atoms with Gasteiger partial charge < -0.3 is 17.0 Å². The van der Waals surface area contributed by atoms with Crippen LogP contribution in [0, 0.1) is 0 Å². The molecular formula is C6H14Br2S. The van der Waals surface area contributed by atoms with Gasteiger partial charge in [-0.1, -0.05) is 22.9 Å². The Morgan fingerprint density at radius 2 is 1.89 bits per heavy atom. The number of hydrogen-bond acceptors (Lipinski definition) is 0. The minimum Gasteiger partial charge on any atom is -1.00 e. The quantitative estimate of drug-likeness (QED) is 0.461. The molecule has 58 valence electrons. The summed E-state index contributed by atoms with van der Waals surface area (Å²) in [4.78, 5) is 0.751. The summed E-state index contributed by atoms with van der Waals surface area (Å²) >= 11 is 3.58. The molecule has 0 aliphatic rings. The Kier molecular flexibility index (Phi) is 10.7. The standard InChI is InChI=1S/C6H14BrS.BrH/c1-4-6(7)5-8(2)3;/h6H,4-5H2,1-3H3;1H/q+1;/p-1. The molecule has 0 aromatic heterocycles. The molecular weight excluding hydrogens is 264 g/mol. The predicted octanol–water partition coefficient (Wildman–Crippen LogP) is -0.958. The van der Waals surface area contributed by atoms with E-state index in [1.54, 1.807) is 0 Å². The van der Waals surface area contributed by atoms with Crippen molar-refractivity contribution in [3.63, 3.8) is 0 Å². The Labute approximate surface area is 80.0 Å². The summed E-state index contributed by atoms with van der Waals surface area (Å²) in [6, 6.07) is 0. The first-order valence-corrected chi connectivity index (χ1v) is 5.97. The van der Waals surface area contributed by atoms with Crippen molar-refractivity contribution >= 4 is 26.8 Å². The third-order valence-corrected chi connectivity index (χ3v) is 3.43.